The van der Waals surface area contributed by atoms with Crippen LogP contribution in [0.5, 0.6) is 0 Å². The van der Waals surface area contributed by atoms with Crippen LogP contribution in [0.15, 0.2) is 36.4 Å². The SMILES string of the molecule is Cc1cc(F)ccc1-c1ccc2c(c1)CC(C(=O)NO)CC2. The lowest BCUT2D eigenvalue weighted by Crippen LogP contribution is -2.31. The highest BCUT2D eigenvalue weighted by molar-refractivity contribution is 5.78. The van der Waals surface area contributed by atoms with E-state index in [9.17, 15) is 9.18 Å². The fourth-order valence-corrected chi connectivity index (χ4v) is 3.19. The number of carbonyl (C=O) groups excluding carboxylic acids is 1. The number of halogens is 1. The molecule has 1 aliphatic carbocycles. The average Bonchev–Trinajstić information content (AvgIpc) is 2.53. The lowest BCUT2D eigenvalue weighted by atomic mass is 9.82. The molecule has 0 spiro atoms. The summed E-state index contributed by atoms with van der Waals surface area (Å²) in [5.74, 6) is -0.755. The summed E-state index contributed by atoms with van der Waals surface area (Å²) >= 11 is 0. The quantitative estimate of drug-likeness (QED) is 0.659. The molecule has 0 heterocycles. The van der Waals surface area contributed by atoms with Crippen molar-refractivity contribution in [2.75, 3.05) is 0 Å². The second kappa shape index (κ2) is 5.89. The van der Waals surface area contributed by atoms with Crippen molar-refractivity contribution in [2.45, 2.75) is 26.2 Å². The Morgan fingerprint density at radius 3 is 2.77 bits per heavy atom. The van der Waals surface area contributed by atoms with Crippen LogP contribution in [-0.2, 0) is 17.6 Å². The van der Waals surface area contributed by atoms with Crippen LogP contribution in [0.3, 0.4) is 0 Å². The molecule has 1 aliphatic rings. The topological polar surface area (TPSA) is 49.3 Å². The van der Waals surface area contributed by atoms with Crippen molar-refractivity contribution < 1.29 is 14.4 Å². The van der Waals surface area contributed by atoms with Crippen LogP contribution in [0.2, 0.25) is 0 Å². The van der Waals surface area contributed by atoms with Gasteiger partial charge in [0.25, 0.3) is 0 Å². The van der Waals surface area contributed by atoms with Crippen molar-refractivity contribution in [3.05, 3.63) is 58.9 Å². The van der Waals surface area contributed by atoms with Gasteiger partial charge >= 0.3 is 0 Å². The first-order valence-electron chi connectivity index (χ1n) is 7.41. The van der Waals surface area contributed by atoms with Gasteiger partial charge in [0.1, 0.15) is 5.82 Å². The summed E-state index contributed by atoms with van der Waals surface area (Å²) < 4.78 is 13.2. The zero-order chi connectivity index (χ0) is 15.7. The molecule has 0 aliphatic heterocycles. The van der Waals surface area contributed by atoms with Crippen molar-refractivity contribution >= 4 is 5.91 Å². The van der Waals surface area contributed by atoms with E-state index in [2.05, 4.69) is 12.1 Å². The van der Waals surface area contributed by atoms with Crippen LogP contribution in [0.4, 0.5) is 4.39 Å². The van der Waals surface area contributed by atoms with Gasteiger partial charge in [-0.15, -0.1) is 0 Å². The third kappa shape index (κ3) is 2.74. The van der Waals surface area contributed by atoms with Crippen LogP contribution >= 0.6 is 0 Å². The Labute approximate surface area is 128 Å². The molecule has 2 aromatic carbocycles. The van der Waals surface area contributed by atoms with Crippen molar-refractivity contribution in [2.24, 2.45) is 5.92 Å². The highest BCUT2D eigenvalue weighted by atomic mass is 19.1. The molecule has 0 aromatic heterocycles. The zero-order valence-electron chi connectivity index (χ0n) is 12.4. The third-order valence-corrected chi connectivity index (χ3v) is 4.42. The Morgan fingerprint density at radius 1 is 1.23 bits per heavy atom. The van der Waals surface area contributed by atoms with Crippen molar-refractivity contribution in [3.8, 4) is 11.1 Å². The maximum atomic E-state index is 13.2. The minimum Gasteiger partial charge on any atom is -0.289 e. The largest absolute Gasteiger partial charge is 0.289 e. The van der Waals surface area contributed by atoms with Crippen molar-refractivity contribution in [1.29, 1.82) is 0 Å². The predicted molar refractivity (Wildman–Crippen MR) is 82.0 cm³/mol. The smallest absolute Gasteiger partial charge is 0.246 e. The minimum atomic E-state index is -0.325. The first-order valence-corrected chi connectivity index (χ1v) is 7.41. The van der Waals surface area contributed by atoms with E-state index in [1.165, 1.54) is 17.7 Å². The molecular weight excluding hydrogens is 281 g/mol. The van der Waals surface area contributed by atoms with E-state index in [1.54, 1.807) is 11.5 Å². The first kappa shape index (κ1) is 14.7. The summed E-state index contributed by atoms with van der Waals surface area (Å²) in [4.78, 5) is 11.6. The van der Waals surface area contributed by atoms with Gasteiger partial charge in [-0.25, -0.2) is 9.87 Å². The number of aryl methyl sites for hydroxylation is 2. The van der Waals surface area contributed by atoms with Gasteiger partial charge in [-0.1, -0.05) is 24.3 Å². The Bertz CT molecular complexity index is 727. The maximum Gasteiger partial charge on any atom is 0.246 e. The van der Waals surface area contributed by atoms with Gasteiger partial charge in [-0.05, 0) is 66.1 Å². The molecule has 0 fully saturated rings. The van der Waals surface area contributed by atoms with E-state index in [-0.39, 0.29) is 17.6 Å². The monoisotopic (exact) mass is 299 g/mol. The van der Waals surface area contributed by atoms with Crippen LogP contribution < -0.4 is 5.48 Å². The van der Waals surface area contributed by atoms with Crippen LogP contribution in [-0.4, -0.2) is 11.1 Å². The molecule has 0 saturated carbocycles. The summed E-state index contributed by atoms with van der Waals surface area (Å²) in [6.45, 7) is 1.89. The molecule has 0 saturated heterocycles. The van der Waals surface area contributed by atoms with E-state index in [1.807, 2.05) is 13.0 Å². The highest BCUT2D eigenvalue weighted by Gasteiger charge is 2.24. The molecule has 0 radical (unpaired) electrons. The molecule has 22 heavy (non-hydrogen) atoms. The van der Waals surface area contributed by atoms with Gasteiger partial charge in [0, 0.05) is 5.92 Å². The zero-order valence-corrected chi connectivity index (χ0v) is 12.4. The molecule has 2 aromatic rings. The summed E-state index contributed by atoms with van der Waals surface area (Å²) in [6.07, 6.45) is 2.19. The molecule has 1 unspecified atom stereocenters. The molecular formula is C18H18FNO2. The van der Waals surface area contributed by atoms with E-state index < -0.39 is 0 Å². The molecule has 1 amide bonds. The standard InChI is InChI=1S/C18H18FNO2/c1-11-8-16(19)6-7-17(11)13-4-2-12-3-5-14(18(21)20-22)10-15(12)9-13/h2,4,6-9,14,22H,3,5,10H2,1H3,(H,20,21). The number of hydroxylamine groups is 1. The summed E-state index contributed by atoms with van der Waals surface area (Å²) in [7, 11) is 0. The second-order valence-corrected chi connectivity index (χ2v) is 5.86. The fourth-order valence-electron chi connectivity index (χ4n) is 3.19. The minimum absolute atomic E-state index is 0.193. The van der Waals surface area contributed by atoms with E-state index in [4.69, 9.17) is 5.21 Å². The predicted octanol–water partition coefficient (Wildman–Crippen LogP) is 3.41. The number of benzene rings is 2. The number of hydrogen-bond acceptors (Lipinski definition) is 2. The number of carbonyl (C=O) groups is 1. The number of rotatable bonds is 2. The van der Waals surface area contributed by atoms with Crippen molar-refractivity contribution in [3.63, 3.8) is 0 Å². The van der Waals surface area contributed by atoms with Gasteiger partial charge in [0.05, 0.1) is 0 Å². The fraction of sp³-hybridized carbons (Fsp3) is 0.278. The maximum absolute atomic E-state index is 13.2. The summed E-state index contributed by atoms with van der Waals surface area (Å²) in [5.41, 5.74) is 7.03. The van der Waals surface area contributed by atoms with Crippen LogP contribution in [0, 0.1) is 18.7 Å². The molecule has 114 valence electrons. The molecule has 2 N–H and O–H groups in total. The van der Waals surface area contributed by atoms with Gasteiger partial charge in [-0.2, -0.15) is 0 Å². The number of nitrogens with one attached hydrogen (secondary N) is 1. The van der Waals surface area contributed by atoms with Gasteiger partial charge in [0.2, 0.25) is 5.91 Å². The lowest BCUT2D eigenvalue weighted by molar-refractivity contribution is -0.133. The molecule has 1 atom stereocenters. The molecule has 3 nitrogen and oxygen atoms in total. The van der Waals surface area contributed by atoms with Crippen LogP contribution in [0.1, 0.15) is 23.1 Å². The van der Waals surface area contributed by atoms with E-state index in [0.29, 0.717) is 6.42 Å². The van der Waals surface area contributed by atoms with Crippen LogP contribution in [0.25, 0.3) is 11.1 Å². The summed E-state index contributed by atoms with van der Waals surface area (Å²) in [6, 6.07) is 11.0. The molecule has 4 heteroatoms. The van der Waals surface area contributed by atoms with Crippen molar-refractivity contribution in [1.82, 2.24) is 5.48 Å². The number of hydrogen-bond donors (Lipinski definition) is 2. The van der Waals surface area contributed by atoms with E-state index >= 15 is 0 Å². The number of amides is 1. The number of fused-ring (bicyclic) bond motifs is 1. The van der Waals surface area contributed by atoms with Gasteiger partial charge in [0.15, 0.2) is 0 Å². The Hall–Kier alpha value is -2.20. The highest BCUT2D eigenvalue weighted by Crippen LogP contribution is 2.31. The van der Waals surface area contributed by atoms with Gasteiger partial charge in [-0.3, -0.25) is 10.0 Å². The Morgan fingerprint density at radius 2 is 2.05 bits per heavy atom. The van der Waals surface area contributed by atoms with Gasteiger partial charge < -0.3 is 0 Å². The first-order chi connectivity index (χ1) is 10.6. The third-order valence-electron chi connectivity index (χ3n) is 4.42. The average molecular weight is 299 g/mol. The normalized spacial score (nSPS) is 17.0. The Kier molecular flexibility index (Phi) is 3.94. The Balaban J connectivity index is 1.95. The van der Waals surface area contributed by atoms with E-state index in [0.717, 1.165) is 35.1 Å². The molecule has 3 rings (SSSR count). The second-order valence-electron chi connectivity index (χ2n) is 5.86. The molecule has 0 bridgehead atoms. The lowest BCUT2D eigenvalue weighted by Gasteiger charge is -2.23. The summed E-state index contributed by atoms with van der Waals surface area (Å²) in [5, 5.41) is 8.79.